The quantitative estimate of drug-likeness (QED) is 0.645. The minimum Gasteiger partial charge on any atom is -0.457 e. The number of hydrogen-bond acceptors (Lipinski definition) is 9. The molecule has 11 heteroatoms. The first-order chi connectivity index (χ1) is 14.2. The lowest BCUT2D eigenvalue weighted by Gasteiger charge is -2.34. The zero-order chi connectivity index (χ0) is 21.9. The number of aromatic nitrogens is 4. The highest BCUT2D eigenvalue weighted by atomic mass is 16.6. The maximum Gasteiger partial charge on any atom is 0.351 e. The molecule has 3 heterocycles. The van der Waals surface area contributed by atoms with Gasteiger partial charge in [-0.25, -0.2) is 9.48 Å². The molecule has 1 aliphatic rings. The first kappa shape index (κ1) is 21.4. The van der Waals surface area contributed by atoms with Gasteiger partial charge in [0.1, 0.15) is 5.60 Å². The van der Waals surface area contributed by atoms with Crippen LogP contribution in [0, 0.1) is 0 Å². The smallest absolute Gasteiger partial charge is 0.351 e. The number of ether oxygens (including phenoxy) is 3. The van der Waals surface area contributed by atoms with E-state index in [0.29, 0.717) is 11.5 Å². The Kier molecular flexibility index (Phi) is 6.11. The highest BCUT2D eigenvalue weighted by Crippen LogP contribution is 2.22. The van der Waals surface area contributed by atoms with Crippen LogP contribution in [0.2, 0.25) is 0 Å². The van der Waals surface area contributed by atoms with Crippen molar-refractivity contribution in [2.45, 2.75) is 45.5 Å². The summed E-state index contributed by atoms with van der Waals surface area (Å²) in [7, 11) is 0. The SMILES string of the molecule is CC(=O)O[C@@H](C(=O)OC(C)(C)C)[C@H]1OCCN(c2ccn(-c3ccnnc3)n2)C1=O. The molecule has 2 aromatic rings. The molecule has 160 valence electrons. The first-order valence-corrected chi connectivity index (χ1v) is 9.31. The largest absolute Gasteiger partial charge is 0.457 e. The van der Waals surface area contributed by atoms with E-state index in [0.717, 1.165) is 6.92 Å². The van der Waals surface area contributed by atoms with E-state index in [1.807, 2.05) is 0 Å². The lowest BCUT2D eigenvalue weighted by Crippen LogP contribution is -2.56. The summed E-state index contributed by atoms with van der Waals surface area (Å²) in [4.78, 5) is 38.6. The zero-order valence-electron chi connectivity index (χ0n) is 17.1. The van der Waals surface area contributed by atoms with Crippen LogP contribution in [0.3, 0.4) is 0 Å². The Morgan fingerprint density at radius 1 is 1.27 bits per heavy atom. The van der Waals surface area contributed by atoms with Gasteiger partial charge in [0.05, 0.1) is 31.2 Å². The number of carbonyl (C=O) groups is 3. The molecular formula is C19H23N5O6. The van der Waals surface area contributed by atoms with Gasteiger partial charge in [0.15, 0.2) is 11.9 Å². The summed E-state index contributed by atoms with van der Waals surface area (Å²) < 4.78 is 17.5. The lowest BCUT2D eigenvalue weighted by molar-refractivity contribution is -0.188. The second-order valence-corrected chi connectivity index (χ2v) is 7.56. The summed E-state index contributed by atoms with van der Waals surface area (Å²) in [6, 6.07) is 3.36. The molecule has 2 atom stereocenters. The molecular weight excluding hydrogens is 394 g/mol. The fourth-order valence-corrected chi connectivity index (χ4v) is 2.84. The maximum absolute atomic E-state index is 13.1. The highest BCUT2D eigenvalue weighted by Gasteiger charge is 2.44. The average molecular weight is 417 g/mol. The molecule has 0 aliphatic carbocycles. The second kappa shape index (κ2) is 8.57. The van der Waals surface area contributed by atoms with Gasteiger partial charge in [-0.15, -0.1) is 5.10 Å². The van der Waals surface area contributed by atoms with Crippen molar-refractivity contribution in [3.05, 3.63) is 30.7 Å². The van der Waals surface area contributed by atoms with Gasteiger partial charge in [0.2, 0.25) is 6.10 Å². The normalized spacial score (nSPS) is 18.1. The standard InChI is InChI=1S/C19H23N5O6/c1-12(25)29-16(18(27)30-19(2,3)4)15-17(26)23(9-10-28-15)14-6-8-24(22-14)13-5-7-20-21-11-13/h5-8,11,15-16H,9-10H2,1-4H3/t15-,16-/m1/s1. The number of hydrogen-bond donors (Lipinski definition) is 0. The number of nitrogens with zero attached hydrogens (tertiary/aromatic N) is 5. The molecule has 30 heavy (non-hydrogen) atoms. The number of morpholine rings is 1. The van der Waals surface area contributed by atoms with Gasteiger partial charge in [0, 0.05) is 19.2 Å². The molecule has 1 fully saturated rings. The van der Waals surface area contributed by atoms with Gasteiger partial charge in [-0.2, -0.15) is 10.2 Å². The van der Waals surface area contributed by atoms with Crippen molar-refractivity contribution in [1.82, 2.24) is 20.0 Å². The van der Waals surface area contributed by atoms with Crippen molar-refractivity contribution in [1.29, 1.82) is 0 Å². The minimum absolute atomic E-state index is 0.126. The van der Waals surface area contributed by atoms with Gasteiger partial charge in [-0.3, -0.25) is 14.5 Å². The van der Waals surface area contributed by atoms with Crippen molar-refractivity contribution >= 4 is 23.7 Å². The summed E-state index contributed by atoms with van der Waals surface area (Å²) in [6.07, 6.45) is 1.85. The van der Waals surface area contributed by atoms with Crippen LogP contribution in [-0.2, 0) is 28.6 Å². The molecule has 0 bridgehead atoms. The van der Waals surface area contributed by atoms with Crippen LogP contribution in [0.4, 0.5) is 5.82 Å². The van der Waals surface area contributed by atoms with Crippen LogP contribution in [-0.4, -0.2) is 68.8 Å². The van der Waals surface area contributed by atoms with E-state index in [-0.39, 0.29) is 13.2 Å². The van der Waals surface area contributed by atoms with Crippen molar-refractivity contribution < 1.29 is 28.6 Å². The van der Waals surface area contributed by atoms with Gasteiger partial charge in [0.25, 0.3) is 5.91 Å². The summed E-state index contributed by atoms with van der Waals surface area (Å²) in [6.45, 7) is 6.51. The summed E-state index contributed by atoms with van der Waals surface area (Å²) >= 11 is 0. The van der Waals surface area contributed by atoms with E-state index in [4.69, 9.17) is 14.2 Å². The van der Waals surface area contributed by atoms with Crippen LogP contribution in [0.5, 0.6) is 0 Å². The monoisotopic (exact) mass is 417 g/mol. The summed E-state index contributed by atoms with van der Waals surface area (Å²) in [5.74, 6) is -1.78. The second-order valence-electron chi connectivity index (χ2n) is 7.56. The van der Waals surface area contributed by atoms with E-state index in [9.17, 15) is 14.4 Å². The fraction of sp³-hybridized carbons (Fsp3) is 0.474. The van der Waals surface area contributed by atoms with Gasteiger partial charge in [-0.05, 0) is 26.8 Å². The van der Waals surface area contributed by atoms with E-state index < -0.39 is 35.7 Å². The van der Waals surface area contributed by atoms with Crippen molar-refractivity contribution in [3.63, 3.8) is 0 Å². The van der Waals surface area contributed by atoms with E-state index >= 15 is 0 Å². The number of amides is 1. The van der Waals surface area contributed by atoms with Crippen LogP contribution in [0.15, 0.2) is 30.7 Å². The molecule has 0 N–H and O–H groups in total. The molecule has 11 nitrogen and oxygen atoms in total. The third kappa shape index (κ3) is 4.98. The number of carbonyl (C=O) groups excluding carboxylic acids is 3. The predicted molar refractivity (Wildman–Crippen MR) is 103 cm³/mol. The van der Waals surface area contributed by atoms with Crippen molar-refractivity contribution in [3.8, 4) is 5.69 Å². The number of rotatable bonds is 5. The van der Waals surface area contributed by atoms with Gasteiger partial charge in [-0.1, -0.05) is 0 Å². The maximum atomic E-state index is 13.1. The Morgan fingerprint density at radius 2 is 2.03 bits per heavy atom. The molecule has 0 radical (unpaired) electrons. The van der Waals surface area contributed by atoms with Crippen LogP contribution >= 0.6 is 0 Å². The molecule has 1 aliphatic heterocycles. The average Bonchev–Trinajstić information content (AvgIpc) is 3.16. The fourth-order valence-electron chi connectivity index (χ4n) is 2.84. The molecule has 0 spiro atoms. The first-order valence-electron chi connectivity index (χ1n) is 9.31. The van der Waals surface area contributed by atoms with E-state index in [2.05, 4.69) is 15.3 Å². The van der Waals surface area contributed by atoms with Crippen LogP contribution in [0.25, 0.3) is 5.69 Å². The Morgan fingerprint density at radius 3 is 2.67 bits per heavy atom. The van der Waals surface area contributed by atoms with E-state index in [1.54, 1.807) is 43.8 Å². The molecule has 1 saturated heterocycles. The Balaban J connectivity index is 1.83. The third-order valence-electron chi connectivity index (χ3n) is 4.01. The Labute approximate surface area is 172 Å². The number of anilines is 1. The molecule has 0 unspecified atom stereocenters. The summed E-state index contributed by atoms with van der Waals surface area (Å²) in [5, 5.41) is 11.9. The Hall–Kier alpha value is -3.34. The predicted octanol–water partition coefficient (Wildman–Crippen LogP) is 0.667. The topological polar surface area (TPSA) is 126 Å². The number of esters is 2. The van der Waals surface area contributed by atoms with Gasteiger partial charge < -0.3 is 14.2 Å². The lowest BCUT2D eigenvalue weighted by atomic mass is 10.1. The highest BCUT2D eigenvalue weighted by molar-refractivity contribution is 6.00. The zero-order valence-corrected chi connectivity index (χ0v) is 17.1. The molecule has 3 rings (SSSR count). The minimum atomic E-state index is -1.52. The Bertz CT molecular complexity index is 923. The van der Waals surface area contributed by atoms with Crippen LogP contribution in [0.1, 0.15) is 27.7 Å². The van der Waals surface area contributed by atoms with Crippen LogP contribution < -0.4 is 4.90 Å². The molecule has 0 saturated carbocycles. The van der Waals surface area contributed by atoms with Crippen molar-refractivity contribution in [2.24, 2.45) is 0 Å². The molecule has 2 aromatic heterocycles. The van der Waals surface area contributed by atoms with Crippen molar-refractivity contribution in [2.75, 3.05) is 18.1 Å². The molecule has 0 aromatic carbocycles. The third-order valence-corrected chi connectivity index (χ3v) is 4.01. The summed E-state index contributed by atoms with van der Waals surface area (Å²) in [5.41, 5.74) is -0.162. The molecule has 1 amide bonds. The van der Waals surface area contributed by atoms with E-state index in [1.165, 1.54) is 17.3 Å². The van der Waals surface area contributed by atoms with Gasteiger partial charge >= 0.3 is 11.9 Å².